The van der Waals surface area contributed by atoms with Gasteiger partial charge in [0, 0.05) is 13.1 Å². The van der Waals surface area contributed by atoms with E-state index in [9.17, 15) is 14.4 Å². The minimum atomic E-state index is -0.924. The number of carbonyl (C=O) groups is 3. The summed E-state index contributed by atoms with van der Waals surface area (Å²) >= 11 is 5.94. The lowest BCUT2D eigenvalue weighted by Crippen LogP contribution is -2.32. The van der Waals surface area contributed by atoms with Crippen LogP contribution in [0.1, 0.15) is 18.4 Å². The van der Waals surface area contributed by atoms with Gasteiger partial charge in [-0.15, -0.1) is 0 Å². The van der Waals surface area contributed by atoms with Gasteiger partial charge in [0.1, 0.15) is 5.75 Å². The molecule has 156 valence electrons. The predicted molar refractivity (Wildman–Crippen MR) is 114 cm³/mol. The molecular weight excluding hydrogens is 408 g/mol. The molecule has 1 fully saturated rings. The summed E-state index contributed by atoms with van der Waals surface area (Å²) in [4.78, 5) is 37.5. The summed E-state index contributed by atoms with van der Waals surface area (Å²) in [6.07, 6.45) is 3.47. The van der Waals surface area contributed by atoms with E-state index in [0.717, 1.165) is 25.9 Å². The predicted octanol–water partition coefficient (Wildman–Crippen LogP) is 2.43. The zero-order chi connectivity index (χ0) is 21.3. The van der Waals surface area contributed by atoms with Crippen LogP contribution in [-0.4, -0.2) is 48.5 Å². The van der Waals surface area contributed by atoms with Crippen molar-refractivity contribution in [1.29, 1.82) is 0 Å². The van der Waals surface area contributed by atoms with Crippen LogP contribution in [0.25, 0.3) is 0 Å². The first-order chi connectivity index (χ1) is 14.5. The Morgan fingerprint density at radius 3 is 2.43 bits per heavy atom. The fraction of sp³-hybridized carbons (Fsp3) is 0.238. The molecule has 0 unspecified atom stereocenters. The van der Waals surface area contributed by atoms with E-state index in [4.69, 9.17) is 16.3 Å². The van der Waals surface area contributed by atoms with E-state index >= 15 is 0 Å². The van der Waals surface area contributed by atoms with E-state index in [1.807, 2.05) is 0 Å². The van der Waals surface area contributed by atoms with Gasteiger partial charge in [-0.2, -0.15) is 5.10 Å². The van der Waals surface area contributed by atoms with Gasteiger partial charge < -0.3 is 15.0 Å². The standard InChI is InChI=1S/C21H21ClN4O4/c22-17-5-1-2-6-18(17)24-20(28)21(29)25-23-13-15-7-9-16(10-8-15)30-14-19(27)26-11-3-4-12-26/h1-2,5-10,13H,3-4,11-12,14H2,(H,24,28)(H,25,29)/b23-13-. The van der Waals surface area contributed by atoms with Crippen LogP contribution in [-0.2, 0) is 14.4 Å². The molecule has 0 spiro atoms. The van der Waals surface area contributed by atoms with Gasteiger partial charge in [0.25, 0.3) is 5.91 Å². The van der Waals surface area contributed by atoms with Crippen LogP contribution in [0.15, 0.2) is 53.6 Å². The van der Waals surface area contributed by atoms with Crippen LogP contribution in [0.2, 0.25) is 5.02 Å². The lowest BCUT2D eigenvalue weighted by molar-refractivity contribution is -0.136. The molecule has 1 heterocycles. The maximum atomic E-state index is 12.0. The fourth-order valence-corrected chi connectivity index (χ4v) is 2.99. The molecule has 2 aromatic carbocycles. The summed E-state index contributed by atoms with van der Waals surface area (Å²) in [5, 5.41) is 6.49. The number of hydrazone groups is 1. The number of benzene rings is 2. The molecule has 9 heteroatoms. The quantitative estimate of drug-likeness (QED) is 0.419. The van der Waals surface area contributed by atoms with Crippen LogP contribution in [0.5, 0.6) is 5.75 Å². The SMILES string of the molecule is O=C(N/N=C\c1ccc(OCC(=O)N2CCCC2)cc1)C(=O)Nc1ccccc1Cl. The smallest absolute Gasteiger partial charge is 0.329 e. The Balaban J connectivity index is 1.44. The molecule has 2 N–H and O–H groups in total. The average Bonchev–Trinajstić information content (AvgIpc) is 3.29. The molecule has 0 bridgehead atoms. The zero-order valence-electron chi connectivity index (χ0n) is 16.1. The highest BCUT2D eigenvalue weighted by molar-refractivity contribution is 6.41. The van der Waals surface area contributed by atoms with E-state index in [1.54, 1.807) is 53.4 Å². The minimum Gasteiger partial charge on any atom is -0.484 e. The van der Waals surface area contributed by atoms with Gasteiger partial charge in [-0.25, -0.2) is 5.43 Å². The summed E-state index contributed by atoms with van der Waals surface area (Å²) in [6, 6.07) is 13.4. The fourth-order valence-electron chi connectivity index (χ4n) is 2.81. The largest absolute Gasteiger partial charge is 0.484 e. The zero-order valence-corrected chi connectivity index (χ0v) is 16.9. The number of amides is 3. The maximum absolute atomic E-state index is 12.0. The number of anilines is 1. The molecule has 1 aliphatic rings. The lowest BCUT2D eigenvalue weighted by Gasteiger charge is -2.15. The molecule has 0 radical (unpaired) electrons. The van der Waals surface area contributed by atoms with Crippen LogP contribution in [0.4, 0.5) is 5.69 Å². The van der Waals surface area contributed by atoms with Gasteiger partial charge in [0.05, 0.1) is 16.9 Å². The van der Waals surface area contributed by atoms with E-state index in [1.165, 1.54) is 6.21 Å². The van der Waals surface area contributed by atoms with Crippen molar-refractivity contribution in [3.05, 3.63) is 59.1 Å². The Hall–Kier alpha value is -3.39. The van der Waals surface area contributed by atoms with Gasteiger partial charge in [0.15, 0.2) is 6.61 Å². The number of nitrogens with one attached hydrogen (secondary N) is 2. The van der Waals surface area contributed by atoms with Gasteiger partial charge >= 0.3 is 11.8 Å². The minimum absolute atomic E-state index is 0.00400. The third-order valence-electron chi connectivity index (χ3n) is 4.41. The monoisotopic (exact) mass is 428 g/mol. The molecule has 0 aromatic heterocycles. The van der Waals surface area contributed by atoms with E-state index in [-0.39, 0.29) is 12.5 Å². The van der Waals surface area contributed by atoms with E-state index in [2.05, 4.69) is 15.8 Å². The number of hydrogen-bond donors (Lipinski definition) is 2. The summed E-state index contributed by atoms with van der Waals surface area (Å²) in [5.41, 5.74) is 3.17. The van der Waals surface area contributed by atoms with Crippen molar-refractivity contribution in [3.8, 4) is 5.75 Å². The van der Waals surface area contributed by atoms with Crippen molar-refractivity contribution in [2.24, 2.45) is 5.10 Å². The molecule has 3 amide bonds. The van der Waals surface area contributed by atoms with Crippen molar-refractivity contribution in [3.63, 3.8) is 0 Å². The summed E-state index contributed by atoms with van der Waals surface area (Å²) in [7, 11) is 0. The molecule has 30 heavy (non-hydrogen) atoms. The third-order valence-corrected chi connectivity index (χ3v) is 4.74. The lowest BCUT2D eigenvalue weighted by atomic mass is 10.2. The third kappa shape index (κ3) is 6.05. The Morgan fingerprint density at radius 1 is 1.03 bits per heavy atom. The van der Waals surface area contributed by atoms with Gasteiger partial charge in [-0.05, 0) is 54.8 Å². The highest BCUT2D eigenvalue weighted by Gasteiger charge is 2.18. The Kier molecular flexibility index (Phi) is 7.40. The number of para-hydroxylation sites is 1. The van der Waals surface area contributed by atoms with Crippen LogP contribution >= 0.6 is 11.6 Å². The second-order valence-electron chi connectivity index (χ2n) is 6.58. The molecule has 8 nitrogen and oxygen atoms in total. The number of carbonyl (C=O) groups excluding carboxylic acids is 3. The Bertz CT molecular complexity index is 940. The number of halogens is 1. The summed E-state index contributed by atoms with van der Waals surface area (Å²) < 4.78 is 5.51. The number of likely N-dealkylation sites (tertiary alicyclic amines) is 1. The van der Waals surface area contributed by atoms with Gasteiger partial charge in [-0.3, -0.25) is 14.4 Å². The topological polar surface area (TPSA) is 100 Å². The first kappa shape index (κ1) is 21.3. The molecular formula is C21H21ClN4O4. The van der Waals surface area contributed by atoms with E-state index in [0.29, 0.717) is 22.0 Å². The maximum Gasteiger partial charge on any atom is 0.329 e. The highest BCUT2D eigenvalue weighted by atomic mass is 35.5. The van der Waals surface area contributed by atoms with Crippen molar-refractivity contribution >= 4 is 41.2 Å². The molecule has 2 aromatic rings. The molecule has 0 atom stereocenters. The average molecular weight is 429 g/mol. The number of rotatable bonds is 6. The normalized spacial score (nSPS) is 13.3. The number of ether oxygens (including phenoxy) is 1. The second-order valence-corrected chi connectivity index (χ2v) is 6.99. The molecule has 0 aliphatic carbocycles. The Labute approximate surface area is 178 Å². The van der Waals surface area contributed by atoms with Crippen LogP contribution < -0.4 is 15.5 Å². The number of hydrogen-bond acceptors (Lipinski definition) is 5. The van der Waals surface area contributed by atoms with Gasteiger partial charge in [-0.1, -0.05) is 23.7 Å². The first-order valence-corrected chi connectivity index (χ1v) is 9.80. The van der Waals surface area contributed by atoms with Crippen molar-refractivity contribution < 1.29 is 19.1 Å². The summed E-state index contributed by atoms with van der Waals surface area (Å²) in [5.74, 6) is -1.27. The first-order valence-electron chi connectivity index (χ1n) is 9.42. The van der Waals surface area contributed by atoms with Gasteiger partial charge in [0.2, 0.25) is 0 Å². The van der Waals surface area contributed by atoms with E-state index < -0.39 is 11.8 Å². The summed E-state index contributed by atoms with van der Waals surface area (Å²) in [6.45, 7) is 1.59. The molecule has 1 saturated heterocycles. The number of nitrogens with zero attached hydrogens (tertiary/aromatic N) is 2. The second kappa shape index (κ2) is 10.4. The van der Waals surface area contributed by atoms with Crippen molar-refractivity contribution in [1.82, 2.24) is 10.3 Å². The highest BCUT2D eigenvalue weighted by Crippen LogP contribution is 2.20. The van der Waals surface area contributed by atoms with Crippen LogP contribution in [0, 0.1) is 0 Å². The molecule has 0 saturated carbocycles. The van der Waals surface area contributed by atoms with Crippen molar-refractivity contribution in [2.45, 2.75) is 12.8 Å². The Morgan fingerprint density at radius 2 is 1.73 bits per heavy atom. The molecule has 1 aliphatic heterocycles. The van der Waals surface area contributed by atoms with Crippen LogP contribution in [0.3, 0.4) is 0 Å². The van der Waals surface area contributed by atoms with Crippen molar-refractivity contribution in [2.75, 3.05) is 25.0 Å². The molecule has 3 rings (SSSR count).